The minimum atomic E-state index is -4.62. The first-order valence-electron chi connectivity index (χ1n) is 9.79. The standard InChI is InChI=1S/C20H15F7N6O/c21-12-2-3-13(33-30-6-7-31-33)16(17(12)22)18(34)32-8-5-19(23,24)14(32)10-29-15-4-1-11(9-28-15)20(25,26)27/h1-4,6-7,9,14H,5,8,10H2,(H,28,29)/t14-/m1/s1. The fourth-order valence-corrected chi connectivity index (χ4v) is 3.58. The van der Waals surface area contributed by atoms with Gasteiger partial charge in [-0.2, -0.15) is 28.2 Å². The first kappa shape index (κ1) is 23.4. The number of hydrogen-bond donors (Lipinski definition) is 1. The second-order valence-electron chi connectivity index (χ2n) is 7.41. The van der Waals surface area contributed by atoms with Crippen LogP contribution in [0.2, 0.25) is 0 Å². The zero-order valence-electron chi connectivity index (χ0n) is 17.0. The van der Waals surface area contributed by atoms with Crippen molar-refractivity contribution in [2.45, 2.75) is 24.6 Å². The zero-order chi connectivity index (χ0) is 24.7. The number of hydrogen-bond acceptors (Lipinski definition) is 5. The van der Waals surface area contributed by atoms with Crippen LogP contribution in [0.25, 0.3) is 5.69 Å². The predicted molar refractivity (Wildman–Crippen MR) is 103 cm³/mol. The molecule has 2 aromatic heterocycles. The predicted octanol–water partition coefficient (Wildman–Crippen LogP) is 3.92. The van der Waals surface area contributed by atoms with Crippen molar-refractivity contribution in [1.82, 2.24) is 24.9 Å². The molecular weight excluding hydrogens is 473 g/mol. The Morgan fingerprint density at radius 1 is 1.12 bits per heavy atom. The second kappa shape index (κ2) is 8.57. The normalized spacial score (nSPS) is 17.7. The number of nitrogens with zero attached hydrogens (tertiary/aromatic N) is 5. The van der Waals surface area contributed by atoms with E-state index in [1.807, 2.05) is 0 Å². The summed E-state index contributed by atoms with van der Waals surface area (Å²) >= 11 is 0. The van der Waals surface area contributed by atoms with Gasteiger partial charge in [-0.3, -0.25) is 4.79 Å². The smallest absolute Gasteiger partial charge is 0.368 e. The fourth-order valence-electron chi connectivity index (χ4n) is 3.58. The Labute approximate surface area is 187 Å². The first-order valence-corrected chi connectivity index (χ1v) is 9.79. The van der Waals surface area contributed by atoms with Crippen molar-refractivity contribution in [3.05, 3.63) is 65.6 Å². The van der Waals surface area contributed by atoms with E-state index in [9.17, 15) is 35.5 Å². The molecule has 1 aromatic carbocycles. The van der Waals surface area contributed by atoms with Crippen molar-refractivity contribution in [3.8, 4) is 5.69 Å². The quantitative estimate of drug-likeness (QED) is 0.551. The molecule has 0 saturated carbocycles. The van der Waals surface area contributed by atoms with Crippen LogP contribution in [0, 0.1) is 11.6 Å². The molecule has 7 nitrogen and oxygen atoms in total. The number of alkyl halides is 5. The first-order chi connectivity index (χ1) is 16.0. The molecule has 1 atom stereocenters. The summed E-state index contributed by atoms with van der Waals surface area (Å²) in [5.74, 6) is -7.68. The SMILES string of the molecule is O=C(c1c(-n2nccn2)ccc(F)c1F)N1CCC(F)(F)[C@H]1CNc1ccc(C(F)(F)F)cn1. The molecule has 4 rings (SSSR count). The molecule has 0 radical (unpaired) electrons. The molecule has 0 aliphatic carbocycles. The summed E-state index contributed by atoms with van der Waals surface area (Å²) < 4.78 is 95.9. The summed E-state index contributed by atoms with van der Waals surface area (Å²) in [6.45, 7) is -1.08. The lowest BCUT2D eigenvalue weighted by atomic mass is 10.1. The average molecular weight is 488 g/mol. The number of nitrogens with one attached hydrogen (secondary N) is 1. The van der Waals surface area contributed by atoms with E-state index in [0.29, 0.717) is 11.1 Å². The average Bonchev–Trinajstić information content (AvgIpc) is 3.41. The number of pyridine rings is 1. The lowest BCUT2D eigenvalue weighted by molar-refractivity contribution is -0.137. The summed E-state index contributed by atoms with van der Waals surface area (Å²) in [6, 6.07) is 1.65. The number of halogens is 7. The molecular formula is C20H15F7N6O. The second-order valence-corrected chi connectivity index (χ2v) is 7.41. The van der Waals surface area contributed by atoms with Crippen molar-refractivity contribution < 1.29 is 35.5 Å². The molecule has 34 heavy (non-hydrogen) atoms. The van der Waals surface area contributed by atoms with E-state index in [1.54, 1.807) is 0 Å². The maximum Gasteiger partial charge on any atom is 0.417 e. The minimum absolute atomic E-state index is 0.138. The van der Waals surface area contributed by atoms with Crippen LogP contribution < -0.4 is 5.32 Å². The zero-order valence-corrected chi connectivity index (χ0v) is 17.0. The van der Waals surface area contributed by atoms with Gasteiger partial charge in [0, 0.05) is 25.7 Å². The molecule has 1 amide bonds. The van der Waals surface area contributed by atoms with Crippen LogP contribution in [0.5, 0.6) is 0 Å². The van der Waals surface area contributed by atoms with E-state index in [1.165, 1.54) is 12.4 Å². The van der Waals surface area contributed by atoms with E-state index >= 15 is 0 Å². The number of carbonyl (C=O) groups is 1. The largest absolute Gasteiger partial charge is 0.417 e. The fraction of sp³-hybridized carbons (Fsp3) is 0.300. The van der Waals surface area contributed by atoms with Gasteiger partial charge in [-0.1, -0.05) is 0 Å². The van der Waals surface area contributed by atoms with Crippen LogP contribution in [0.1, 0.15) is 22.3 Å². The van der Waals surface area contributed by atoms with Crippen LogP contribution in [0.4, 0.5) is 36.6 Å². The number of benzene rings is 1. The van der Waals surface area contributed by atoms with E-state index in [0.717, 1.165) is 29.1 Å². The van der Waals surface area contributed by atoms with Gasteiger partial charge in [0.05, 0.1) is 18.0 Å². The van der Waals surface area contributed by atoms with Gasteiger partial charge < -0.3 is 10.2 Å². The highest BCUT2D eigenvalue weighted by Gasteiger charge is 2.51. The third-order valence-electron chi connectivity index (χ3n) is 5.30. The number of aromatic nitrogens is 4. The van der Waals surface area contributed by atoms with Gasteiger partial charge in [0.1, 0.15) is 23.1 Å². The number of rotatable bonds is 5. The molecule has 1 aliphatic heterocycles. The Bertz CT molecular complexity index is 1180. The molecule has 3 heterocycles. The number of carbonyl (C=O) groups excluding carboxylic acids is 1. The molecule has 0 unspecified atom stereocenters. The van der Waals surface area contributed by atoms with Crippen molar-refractivity contribution >= 4 is 11.7 Å². The maximum absolute atomic E-state index is 14.7. The van der Waals surface area contributed by atoms with Crippen LogP contribution in [-0.2, 0) is 6.18 Å². The summed E-state index contributed by atoms with van der Waals surface area (Å²) in [7, 11) is 0. The van der Waals surface area contributed by atoms with Crippen molar-refractivity contribution in [1.29, 1.82) is 0 Å². The van der Waals surface area contributed by atoms with Crippen LogP contribution >= 0.6 is 0 Å². The highest BCUT2D eigenvalue weighted by Crippen LogP contribution is 2.36. The summed E-state index contributed by atoms with van der Waals surface area (Å²) in [4.78, 5) is 18.2. The Hall–Kier alpha value is -3.71. The van der Waals surface area contributed by atoms with Crippen LogP contribution in [0.3, 0.4) is 0 Å². The van der Waals surface area contributed by atoms with Crippen LogP contribution in [-0.4, -0.2) is 55.8 Å². The Balaban J connectivity index is 1.61. The molecule has 1 saturated heterocycles. The Morgan fingerprint density at radius 2 is 1.82 bits per heavy atom. The van der Waals surface area contributed by atoms with Gasteiger partial charge in [0.25, 0.3) is 11.8 Å². The van der Waals surface area contributed by atoms with Gasteiger partial charge >= 0.3 is 6.18 Å². The van der Waals surface area contributed by atoms with Gasteiger partial charge in [-0.15, -0.1) is 0 Å². The molecule has 1 N–H and O–H groups in total. The van der Waals surface area contributed by atoms with Crippen molar-refractivity contribution in [2.24, 2.45) is 0 Å². The van der Waals surface area contributed by atoms with Crippen molar-refractivity contribution in [2.75, 3.05) is 18.4 Å². The monoisotopic (exact) mass is 488 g/mol. The van der Waals surface area contributed by atoms with Crippen molar-refractivity contribution in [3.63, 3.8) is 0 Å². The van der Waals surface area contributed by atoms with Crippen LogP contribution in [0.15, 0.2) is 42.9 Å². The molecule has 1 aliphatic rings. The topological polar surface area (TPSA) is 75.9 Å². The van der Waals surface area contributed by atoms with E-state index in [4.69, 9.17) is 0 Å². The lowest BCUT2D eigenvalue weighted by Crippen LogP contribution is -2.47. The lowest BCUT2D eigenvalue weighted by Gasteiger charge is -2.28. The highest BCUT2D eigenvalue weighted by molar-refractivity contribution is 5.98. The van der Waals surface area contributed by atoms with E-state index in [-0.39, 0.29) is 11.5 Å². The summed E-state index contributed by atoms with van der Waals surface area (Å²) in [5, 5.41) is 10.0. The molecule has 0 bridgehead atoms. The molecule has 1 fully saturated rings. The minimum Gasteiger partial charge on any atom is -0.368 e. The third kappa shape index (κ3) is 4.39. The van der Waals surface area contributed by atoms with Gasteiger partial charge in [0.15, 0.2) is 11.6 Å². The molecule has 3 aromatic rings. The molecule has 180 valence electrons. The molecule has 14 heteroatoms. The molecule has 0 spiro atoms. The summed E-state index contributed by atoms with van der Waals surface area (Å²) in [5.41, 5.74) is -2.10. The third-order valence-corrected chi connectivity index (χ3v) is 5.30. The Kier molecular flexibility index (Phi) is 5.91. The number of anilines is 1. The van der Waals surface area contributed by atoms with E-state index < -0.39 is 66.3 Å². The van der Waals surface area contributed by atoms with E-state index in [2.05, 4.69) is 20.5 Å². The highest BCUT2D eigenvalue weighted by atomic mass is 19.4. The summed E-state index contributed by atoms with van der Waals surface area (Å²) in [6.07, 6.45) is -2.39. The van der Waals surface area contributed by atoms with Gasteiger partial charge in [-0.05, 0) is 24.3 Å². The Morgan fingerprint density at radius 3 is 2.44 bits per heavy atom. The maximum atomic E-state index is 14.7. The number of amides is 1. The van der Waals surface area contributed by atoms with Gasteiger partial charge in [0.2, 0.25) is 0 Å². The van der Waals surface area contributed by atoms with Gasteiger partial charge in [-0.25, -0.2) is 22.5 Å². The number of likely N-dealkylation sites (tertiary alicyclic amines) is 1.